The molecule has 0 aromatic carbocycles. The van der Waals surface area contributed by atoms with Gasteiger partial charge in [0.1, 0.15) is 0 Å². The molecule has 3 aliphatic rings. The van der Waals surface area contributed by atoms with Crippen LogP contribution in [0.25, 0.3) is 0 Å². The van der Waals surface area contributed by atoms with E-state index in [4.69, 9.17) is 0 Å². The number of likely N-dealkylation sites (N-methyl/N-ethyl adjacent to an activating group) is 1. The van der Waals surface area contributed by atoms with Crippen LogP contribution in [0, 0.1) is 16.2 Å². The Labute approximate surface area is 141 Å². The summed E-state index contributed by atoms with van der Waals surface area (Å²) in [5.41, 5.74) is -1.22. The van der Waals surface area contributed by atoms with E-state index in [1.807, 2.05) is 4.90 Å². The van der Waals surface area contributed by atoms with Crippen LogP contribution in [0.1, 0.15) is 40.5 Å². The summed E-state index contributed by atoms with van der Waals surface area (Å²) in [5, 5.41) is 0. The van der Waals surface area contributed by atoms with E-state index in [2.05, 4.69) is 48.5 Å². The number of carbonyl (C=O) groups is 2. The Bertz CT molecular complexity index is 513. The Morgan fingerprint density at radius 3 is 2.23 bits per heavy atom. The number of hydrogen-bond donors (Lipinski definition) is 0. The van der Waals surface area contributed by atoms with Crippen molar-refractivity contribution in [2.45, 2.75) is 45.4 Å². The third-order valence-corrected chi connectivity index (χ3v) is 8.41. The SMILES string of the molecule is CCN1CCN(C(=O)[C@]23CC[C@@](C)(C(=O)[C@H]2Br)C3(C)C)CC1. The molecule has 2 aliphatic carbocycles. The maximum Gasteiger partial charge on any atom is 0.231 e. The first-order chi connectivity index (χ1) is 10.2. The van der Waals surface area contributed by atoms with Gasteiger partial charge < -0.3 is 9.80 Å². The molecule has 3 fully saturated rings. The molecule has 0 radical (unpaired) electrons. The highest BCUT2D eigenvalue weighted by Crippen LogP contribution is 2.72. The predicted octanol–water partition coefficient (Wildman–Crippen LogP) is 2.31. The molecule has 1 amide bonds. The van der Waals surface area contributed by atoms with Gasteiger partial charge in [0.2, 0.25) is 5.91 Å². The molecule has 1 heterocycles. The third-order valence-electron chi connectivity index (χ3n) is 7.21. The molecule has 3 rings (SSSR count). The van der Waals surface area contributed by atoms with Gasteiger partial charge in [0.25, 0.3) is 0 Å². The fraction of sp³-hybridized carbons (Fsp3) is 0.882. The highest BCUT2D eigenvalue weighted by molar-refractivity contribution is 9.10. The fourth-order valence-electron chi connectivity index (χ4n) is 4.97. The molecule has 3 atom stereocenters. The summed E-state index contributed by atoms with van der Waals surface area (Å²) in [6, 6.07) is 0. The summed E-state index contributed by atoms with van der Waals surface area (Å²) in [7, 11) is 0. The molecule has 2 bridgehead atoms. The molecule has 1 saturated heterocycles. The Balaban J connectivity index is 1.90. The molecule has 0 aromatic heterocycles. The van der Waals surface area contributed by atoms with Crippen LogP contribution in [0.3, 0.4) is 0 Å². The number of alkyl halides is 1. The zero-order valence-electron chi connectivity index (χ0n) is 14.1. The standard InChI is InChI=1S/C17H27BrN2O2/c1-5-19-8-10-20(11-9-19)14(22)17-7-6-16(4,15(17,2)3)13(21)12(17)18/h12H,5-11H2,1-4H3/t12-,16+,17+/m1/s1. The first-order valence-electron chi connectivity index (χ1n) is 8.42. The molecule has 0 unspecified atom stereocenters. The zero-order chi connectivity index (χ0) is 16.3. The lowest BCUT2D eigenvalue weighted by Gasteiger charge is -2.45. The largest absolute Gasteiger partial charge is 0.340 e. The molecule has 4 nitrogen and oxygen atoms in total. The monoisotopic (exact) mass is 370 g/mol. The molecule has 0 spiro atoms. The van der Waals surface area contributed by atoms with Crippen LogP contribution < -0.4 is 0 Å². The van der Waals surface area contributed by atoms with Gasteiger partial charge in [0, 0.05) is 31.6 Å². The molecular weight excluding hydrogens is 344 g/mol. The zero-order valence-corrected chi connectivity index (χ0v) is 15.7. The molecule has 22 heavy (non-hydrogen) atoms. The van der Waals surface area contributed by atoms with Gasteiger partial charge in [-0.3, -0.25) is 9.59 Å². The second-order valence-corrected chi connectivity index (χ2v) is 8.80. The summed E-state index contributed by atoms with van der Waals surface area (Å²) >= 11 is 3.61. The Morgan fingerprint density at radius 2 is 1.77 bits per heavy atom. The van der Waals surface area contributed by atoms with Crippen molar-refractivity contribution in [3.05, 3.63) is 0 Å². The van der Waals surface area contributed by atoms with Crippen LogP contribution >= 0.6 is 15.9 Å². The van der Waals surface area contributed by atoms with E-state index in [0.717, 1.165) is 45.6 Å². The fourth-order valence-corrected chi connectivity index (χ4v) is 6.48. The van der Waals surface area contributed by atoms with Crippen molar-refractivity contribution in [2.75, 3.05) is 32.7 Å². The number of nitrogens with zero attached hydrogens (tertiary/aromatic N) is 2. The lowest BCUT2D eigenvalue weighted by atomic mass is 9.64. The molecule has 0 N–H and O–H groups in total. The first kappa shape index (κ1) is 16.4. The van der Waals surface area contributed by atoms with E-state index in [1.165, 1.54) is 0 Å². The van der Waals surface area contributed by atoms with E-state index >= 15 is 0 Å². The van der Waals surface area contributed by atoms with E-state index in [0.29, 0.717) is 0 Å². The van der Waals surface area contributed by atoms with Gasteiger partial charge in [-0.2, -0.15) is 0 Å². The highest BCUT2D eigenvalue weighted by atomic mass is 79.9. The topological polar surface area (TPSA) is 40.6 Å². The minimum Gasteiger partial charge on any atom is -0.340 e. The number of ketones is 1. The smallest absolute Gasteiger partial charge is 0.231 e. The molecule has 2 saturated carbocycles. The summed E-state index contributed by atoms with van der Waals surface area (Å²) in [5.74, 6) is 0.425. The number of amides is 1. The van der Waals surface area contributed by atoms with Gasteiger partial charge in [0.15, 0.2) is 5.78 Å². The summed E-state index contributed by atoms with van der Waals surface area (Å²) in [4.78, 5) is 30.2. The van der Waals surface area contributed by atoms with E-state index in [-0.39, 0.29) is 27.3 Å². The summed E-state index contributed by atoms with van der Waals surface area (Å²) in [6.45, 7) is 13.0. The van der Waals surface area contributed by atoms with Crippen molar-refractivity contribution in [2.24, 2.45) is 16.2 Å². The normalized spacial score (nSPS) is 41.2. The van der Waals surface area contributed by atoms with Gasteiger partial charge in [-0.25, -0.2) is 0 Å². The van der Waals surface area contributed by atoms with Crippen molar-refractivity contribution in [1.29, 1.82) is 0 Å². The Kier molecular flexibility index (Phi) is 3.76. The molecular formula is C17H27BrN2O2. The molecule has 124 valence electrons. The van der Waals surface area contributed by atoms with Crippen molar-refractivity contribution in [1.82, 2.24) is 9.80 Å². The van der Waals surface area contributed by atoms with Gasteiger partial charge in [-0.15, -0.1) is 0 Å². The number of fused-ring (bicyclic) bond motifs is 2. The average Bonchev–Trinajstić information content (AvgIpc) is 2.79. The number of piperazine rings is 1. The van der Waals surface area contributed by atoms with E-state index in [9.17, 15) is 9.59 Å². The van der Waals surface area contributed by atoms with Gasteiger partial charge in [-0.05, 0) is 24.8 Å². The van der Waals surface area contributed by atoms with Crippen LogP contribution in [0.5, 0.6) is 0 Å². The predicted molar refractivity (Wildman–Crippen MR) is 90.0 cm³/mol. The van der Waals surface area contributed by atoms with Crippen LogP contribution in [0.2, 0.25) is 0 Å². The molecule has 1 aliphatic heterocycles. The highest BCUT2D eigenvalue weighted by Gasteiger charge is 2.77. The second kappa shape index (κ2) is 5.04. The van der Waals surface area contributed by atoms with E-state index < -0.39 is 5.41 Å². The maximum atomic E-state index is 13.4. The average molecular weight is 371 g/mol. The van der Waals surface area contributed by atoms with Gasteiger partial charge in [0.05, 0.1) is 10.2 Å². The van der Waals surface area contributed by atoms with Crippen molar-refractivity contribution in [3.63, 3.8) is 0 Å². The Morgan fingerprint density at radius 1 is 1.18 bits per heavy atom. The number of hydrogen-bond acceptors (Lipinski definition) is 3. The van der Waals surface area contributed by atoms with Crippen LogP contribution in [0.4, 0.5) is 0 Å². The third kappa shape index (κ3) is 1.73. The van der Waals surface area contributed by atoms with Crippen molar-refractivity contribution >= 4 is 27.6 Å². The summed E-state index contributed by atoms with van der Waals surface area (Å²) in [6.07, 6.45) is 1.66. The number of rotatable bonds is 2. The van der Waals surface area contributed by atoms with Gasteiger partial charge >= 0.3 is 0 Å². The lowest BCUT2D eigenvalue weighted by Crippen LogP contribution is -2.57. The number of carbonyl (C=O) groups excluding carboxylic acids is 2. The lowest BCUT2D eigenvalue weighted by molar-refractivity contribution is -0.149. The minimum absolute atomic E-state index is 0.199. The first-order valence-corrected chi connectivity index (χ1v) is 9.34. The van der Waals surface area contributed by atoms with Crippen LogP contribution in [-0.4, -0.2) is 59.0 Å². The maximum absolute atomic E-state index is 13.4. The van der Waals surface area contributed by atoms with Crippen molar-refractivity contribution in [3.8, 4) is 0 Å². The second-order valence-electron chi connectivity index (χ2n) is 7.88. The quantitative estimate of drug-likeness (QED) is 0.700. The van der Waals surface area contributed by atoms with Crippen molar-refractivity contribution < 1.29 is 9.59 Å². The number of Topliss-reactive ketones (excluding diaryl/α,β-unsaturated/α-hetero) is 1. The summed E-state index contributed by atoms with van der Waals surface area (Å²) < 4.78 is 0. The minimum atomic E-state index is -0.562. The Hall–Kier alpha value is -0.420. The van der Waals surface area contributed by atoms with Crippen LogP contribution in [-0.2, 0) is 9.59 Å². The molecule has 5 heteroatoms. The van der Waals surface area contributed by atoms with Gasteiger partial charge in [-0.1, -0.05) is 43.6 Å². The number of halogens is 1. The van der Waals surface area contributed by atoms with Crippen LogP contribution in [0.15, 0.2) is 0 Å². The molecule has 0 aromatic rings. The van der Waals surface area contributed by atoms with E-state index in [1.54, 1.807) is 0 Å².